The average molecular weight is 761 g/mol. The molecule has 0 fully saturated rings. The summed E-state index contributed by atoms with van der Waals surface area (Å²) in [7, 11) is -4.61. The van der Waals surface area contributed by atoms with Gasteiger partial charge in [0.2, 0.25) is 0 Å². The minimum atomic E-state index is -2.32. The van der Waals surface area contributed by atoms with E-state index in [4.69, 9.17) is 31.9 Å². The van der Waals surface area contributed by atoms with Gasteiger partial charge in [-0.15, -0.1) is 0 Å². The lowest BCUT2D eigenvalue weighted by Gasteiger charge is -2.27. The first kappa shape index (κ1) is 36.1. The van der Waals surface area contributed by atoms with E-state index < -0.39 is 23.1 Å². The van der Waals surface area contributed by atoms with Crippen molar-refractivity contribution in [3.8, 4) is 40.2 Å². The molecule has 2 unspecified atom stereocenters. The molecule has 0 amide bonds. The first-order valence-corrected chi connectivity index (χ1v) is 18.8. The number of aldehydes is 4. The van der Waals surface area contributed by atoms with Gasteiger partial charge in [0.25, 0.3) is 0 Å². The molecule has 0 aromatic heterocycles. The number of hydrogen-bond acceptors (Lipinski definition) is 11. The lowest BCUT2D eigenvalue weighted by Crippen LogP contribution is -2.12. The van der Waals surface area contributed by atoms with Gasteiger partial charge in [0, 0.05) is 17.5 Å². The molecule has 1 aliphatic heterocycles. The van der Waals surface area contributed by atoms with E-state index in [0.29, 0.717) is 49.0 Å². The molecule has 5 aromatic carbocycles. The van der Waals surface area contributed by atoms with Crippen molar-refractivity contribution in [3.05, 3.63) is 161 Å². The molecule has 0 saturated heterocycles. The molecule has 270 valence electrons. The predicted octanol–water partition coefficient (Wildman–Crippen LogP) is 9.94. The van der Waals surface area contributed by atoms with E-state index >= 15 is 0 Å². The molecule has 5 aromatic rings. The summed E-state index contributed by atoms with van der Waals surface area (Å²) in [5, 5.41) is 0. The third-order valence-corrected chi connectivity index (χ3v) is 10.3. The molecule has 0 N–H and O–H groups in total. The Bertz CT molecular complexity index is 2200. The van der Waals surface area contributed by atoms with E-state index in [1.54, 1.807) is 103 Å². The molecule has 11 nitrogen and oxygen atoms in total. The molecule has 1 heterocycles. The van der Waals surface area contributed by atoms with Gasteiger partial charge in [-0.2, -0.15) is 0 Å². The maximum atomic E-state index is 11.9. The van der Waals surface area contributed by atoms with Gasteiger partial charge in [-0.3, -0.25) is 14.4 Å². The topological polar surface area (TPSA) is 133 Å². The zero-order valence-corrected chi connectivity index (χ0v) is 30.1. The zero-order valence-electron chi connectivity index (χ0n) is 28.3. The van der Waals surface area contributed by atoms with Crippen molar-refractivity contribution >= 4 is 42.3 Å². The van der Waals surface area contributed by atoms with Crippen molar-refractivity contribution in [2.45, 2.75) is 12.8 Å². The van der Waals surface area contributed by atoms with Crippen molar-refractivity contribution in [1.29, 1.82) is 0 Å². The number of carbonyl (C=O) groups excluding carboxylic acids is 4. The maximum Gasteiger partial charge on any atom is 0.530 e. The lowest BCUT2D eigenvalue weighted by atomic mass is 10.00. The Labute approximate surface area is 312 Å². The Morgan fingerprint density at radius 1 is 0.519 bits per heavy atom. The van der Waals surface area contributed by atoms with Crippen molar-refractivity contribution in [3.63, 3.8) is 0 Å². The summed E-state index contributed by atoms with van der Waals surface area (Å²) in [6, 6.07) is 30.7. The average Bonchev–Trinajstić information content (AvgIpc) is 3.21. The molecule has 0 saturated carbocycles. The minimum Gasteiger partial charge on any atom is -0.449 e. The van der Waals surface area contributed by atoms with Gasteiger partial charge in [-0.1, -0.05) is 72.8 Å². The highest BCUT2D eigenvalue weighted by Crippen LogP contribution is 2.54. The van der Waals surface area contributed by atoms with Crippen LogP contribution in [0.5, 0.6) is 40.2 Å². The van der Waals surface area contributed by atoms with Gasteiger partial charge in [-0.25, -0.2) is 0 Å². The second kappa shape index (κ2) is 17.0. The summed E-state index contributed by atoms with van der Waals surface area (Å²) in [5.41, 5.74) is 2.42. The van der Waals surface area contributed by atoms with Crippen molar-refractivity contribution < 1.29 is 51.1 Å². The van der Waals surface area contributed by atoms with Crippen LogP contribution < -0.4 is 27.4 Å². The fourth-order valence-electron chi connectivity index (χ4n) is 5.51. The number of hydrogen-bond donors (Lipinski definition) is 0. The molecule has 7 rings (SSSR count). The number of para-hydroxylation sites is 5. The highest BCUT2D eigenvalue weighted by Gasteiger charge is 2.32. The second-order valence-corrected chi connectivity index (χ2v) is 13.7. The van der Waals surface area contributed by atoms with Crippen LogP contribution in [0.3, 0.4) is 0 Å². The van der Waals surface area contributed by atoms with Gasteiger partial charge >= 0.3 is 17.2 Å². The van der Waals surface area contributed by atoms with Gasteiger partial charge in [0.15, 0.2) is 41.9 Å². The molecular weight excluding hydrogens is 730 g/mol. The molecular formula is C41H30O11P2. The summed E-state index contributed by atoms with van der Waals surface area (Å²) in [5.74, 6) is 1.73. The first-order chi connectivity index (χ1) is 26.6. The van der Waals surface area contributed by atoms with Crippen LogP contribution >= 0.6 is 17.2 Å². The van der Waals surface area contributed by atoms with Crippen molar-refractivity contribution in [1.82, 2.24) is 0 Å². The fourth-order valence-corrected chi connectivity index (χ4v) is 7.70. The summed E-state index contributed by atoms with van der Waals surface area (Å²) < 4.78 is 44.0. The first-order valence-electron chi connectivity index (χ1n) is 16.6. The Kier molecular flexibility index (Phi) is 11.4. The van der Waals surface area contributed by atoms with Gasteiger partial charge in [0.05, 0.1) is 22.6 Å². The zero-order chi connectivity index (χ0) is 37.3. The number of fused-ring (bicyclic) bond motifs is 2. The SMILES string of the molecule is O=Cc1ccccc1OP(OC1=CC=CCC1C=O)Oc1cccc2c1Oc1c(cccc1OP(Oc1ccccc1C=O)Oc1ccccc1C=O)C2. The standard InChI is InChI=1S/C41H30O11P2/c42-24-30-11-1-5-17-34(30)47-53(48-35-18-6-2-12-31(35)25-43)51-38-21-9-15-28-23-29-16-10-22-39(41(29)46-40(28)38)52-54(49-36-19-7-3-13-32(36)26-44)50-37-20-8-4-14-33(37)27-45/h1-13,15-22,24-27,33H,14,23H2. The van der Waals surface area contributed by atoms with E-state index in [2.05, 4.69) is 0 Å². The molecule has 54 heavy (non-hydrogen) atoms. The summed E-state index contributed by atoms with van der Waals surface area (Å²) in [4.78, 5) is 47.4. The second-order valence-electron chi connectivity index (χ2n) is 11.7. The van der Waals surface area contributed by atoms with E-state index in [0.717, 1.165) is 17.4 Å². The Hall–Kier alpha value is -6.28. The summed E-state index contributed by atoms with van der Waals surface area (Å²) in [6.45, 7) is 0. The fraction of sp³-hybridized carbons (Fsp3) is 0.0732. The lowest BCUT2D eigenvalue weighted by molar-refractivity contribution is -0.110. The van der Waals surface area contributed by atoms with Crippen LogP contribution in [0.1, 0.15) is 48.6 Å². The largest absolute Gasteiger partial charge is 0.530 e. The summed E-state index contributed by atoms with van der Waals surface area (Å²) >= 11 is 0. The maximum absolute atomic E-state index is 11.9. The van der Waals surface area contributed by atoms with Crippen LogP contribution in [0, 0.1) is 5.92 Å². The minimum absolute atomic E-state index is 0.221. The van der Waals surface area contributed by atoms with Crippen LogP contribution in [0.15, 0.2) is 133 Å². The number of allylic oxidation sites excluding steroid dienone is 4. The van der Waals surface area contributed by atoms with Crippen molar-refractivity contribution in [2.24, 2.45) is 5.92 Å². The molecule has 2 aliphatic rings. The van der Waals surface area contributed by atoms with E-state index in [9.17, 15) is 19.2 Å². The Morgan fingerprint density at radius 3 is 1.41 bits per heavy atom. The van der Waals surface area contributed by atoms with Crippen LogP contribution in [-0.4, -0.2) is 25.1 Å². The van der Waals surface area contributed by atoms with Crippen LogP contribution in [-0.2, 0) is 15.7 Å². The molecule has 13 heteroatoms. The van der Waals surface area contributed by atoms with Crippen LogP contribution in [0.2, 0.25) is 0 Å². The predicted molar refractivity (Wildman–Crippen MR) is 201 cm³/mol. The molecule has 2 atom stereocenters. The van der Waals surface area contributed by atoms with Gasteiger partial charge in [0.1, 0.15) is 29.3 Å². The van der Waals surface area contributed by atoms with Gasteiger partial charge < -0.3 is 36.7 Å². The molecule has 0 spiro atoms. The normalized spacial score (nSPS) is 14.5. The smallest absolute Gasteiger partial charge is 0.449 e. The van der Waals surface area contributed by atoms with E-state index in [1.807, 2.05) is 24.3 Å². The highest BCUT2D eigenvalue weighted by atomic mass is 31.2. The molecule has 0 radical (unpaired) electrons. The third kappa shape index (κ3) is 8.18. The van der Waals surface area contributed by atoms with E-state index in [-0.39, 0.29) is 45.4 Å². The number of ether oxygens (including phenoxy) is 1. The number of benzene rings is 5. The highest BCUT2D eigenvalue weighted by molar-refractivity contribution is 7.43. The van der Waals surface area contributed by atoms with E-state index in [1.165, 1.54) is 0 Å². The molecule has 0 bridgehead atoms. The quantitative estimate of drug-likeness (QED) is 0.0690. The van der Waals surface area contributed by atoms with Crippen LogP contribution in [0.4, 0.5) is 0 Å². The molecule has 1 aliphatic carbocycles. The Morgan fingerprint density at radius 2 is 0.944 bits per heavy atom. The summed E-state index contributed by atoms with van der Waals surface area (Å²) in [6.07, 6.45) is 8.99. The number of rotatable bonds is 16. The van der Waals surface area contributed by atoms with Crippen LogP contribution in [0.25, 0.3) is 0 Å². The monoisotopic (exact) mass is 760 g/mol. The number of carbonyl (C=O) groups is 4. The third-order valence-electron chi connectivity index (χ3n) is 8.20. The van der Waals surface area contributed by atoms with Crippen molar-refractivity contribution in [2.75, 3.05) is 0 Å². The van der Waals surface area contributed by atoms with Gasteiger partial charge in [-0.05, 0) is 61.0 Å². The Balaban J connectivity index is 1.20.